The maximum atomic E-state index is 12.5. The summed E-state index contributed by atoms with van der Waals surface area (Å²) in [7, 11) is 0. The van der Waals surface area contributed by atoms with Crippen LogP contribution in [0.5, 0.6) is 0 Å². The summed E-state index contributed by atoms with van der Waals surface area (Å²) in [6, 6.07) is 19.7. The van der Waals surface area contributed by atoms with Gasteiger partial charge in [-0.25, -0.2) is 0 Å². The van der Waals surface area contributed by atoms with Gasteiger partial charge in [-0.1, -0.05) is 36.4 Å². The van der Waals surface area contributed by atoms with Gasteiger partial charge in [-0.15, -0.1) is 0 Å². The van der Waals surface area contributed by atoms with Gasteiger partial charge in [0, 0.05) is 17.6 Å². The zero-order valence-corrected chi connectivity index (χ0v) is 12.1. The van der Waals surface area contributed by atoms with Crippen molar-refractivity contribution in [2.75, 3.05) is 6.54 Å². The topological polar surface area (TPSA) is 60.0 Å². The Morgan fingerprint density at radius 3 is 2.59 bits per heavy atom. The molecule has 1 aromatic heterocycles. The molecule has 4 heteroatoms. The van der Waals surface area contributed by atoms with Crippen molar-refractivity contribution in [3.8, 4) is 5.69 Å². The van der Waals surface area contributed by atoms with Gasteiger partial charge in [0.1, 0.15) is 5.69 Å². The van der Waals surface area contributed by atoms with Crippen molar-refractivity contribution in [3.05, 3.63) is 78.6 Å². The monoisotopic (exact) mass is 291 g/mol. The van der Waals surface area contributed by atoms with Crippen LogP contribution in [0.25, 0.3) is 16.6 Å². The quantitative estimate of drug-likeness (QED) is 0.776. The van der Waals surface area contributed by atoms with Crippen LogP contribution >= 0.6 is 0 Å². The number of carbonyl (C=O) groups excluding carboxylic acids is 1. The SMILES string of the molecule is NC=CCNC(=O)c1cc2ccccc2n1-c1ccccc1. The van der Waals surface area contributed by atoms with Gasteiger partial charge in [-0.05, 0) is 36.5 Å². The molecule has 0 fully saturated rings. The van der Waals surface area contributed by atoms with Crippen molar-refractivity contribution < 1.29 is 4.79 Å². The van der Waals surface area contributed by atoms with E-state index in [1.54, 1.807) is 6.08 Å². The molecular weight excluding hydrogens is 274 g/mol. The zero-order valence-electron chi connectivity index (χ0n) is 12.1. The standard InChI is InChI=1S/C18H17N3O/c19-11-6-12-20-18(22)17-13-14-7-4-5-10-16(14)21(17)15-8-2-1-3-9-15/h1-11,13H,12,19H2,(H,20,22). The predicted octanol–water partition coefficient (Wildman–Crippen LogP) is 2.83. The zero-order chi connectivity index (χ0) is 15.4. The normalized spacial score (nSPS) is 11.1. The number of nitrogens with zero attached hydrogens (tertiary/aromatic N) is 1. The van der Waals surface area contributed by atoms with Gasteiger partial charge in [0.15, 0.2) is 0 Å². The van der Waals surface area contributed by atoms with Crippen LogP contribution in [0.4, 0.5) is 0 Å². The minimum atomic E-state index is -0.127. The minimum Gasteiger partial charge on any atom is -0.405 e. The fraction of sp³-hybridized carbons (Fsp3) is 0.0556. The second kappa shape index (κ2) is 6.18. The van der Waals surface area contributed by atoms with E-state index in [1.165, 1.54) is 6.20 Å². The number of aromatic nitrogens is 1. The molecule has 0 bridgehead atoms. The summed E-state index contributed by atoms with van der Waals surface area (Å²) in [6.07, 6.45) is 3.13. The third-order valence-corrected chi connectivity index (χ3v) is 3.47. The Labute approximate surface area is 128 Å². The van der Waals surface area contributed by atoms with Gasteiger partial charge >= 0.3 is 0 Å². The first-order valence-electron chi connectivity index (χ1n) is 7.12. The van der Waals surface area contributed by atoms with Crippen LogP contribution in [0, 0.1) is 0 Å². The van der Waals surface area contributed by atoms with Crippen LogP contribution in [-0.2, 0) is 0 Å². The first-order valence-corrected chi connectivity index (χ1v) is 7.12. The van der Waals surface area contributed by atoms with E-state index in [9.17, 15) is 4.79 Å². The van der Waals surface area contributed by atoms with E-state index >= 15 is 0 Å². The van der Waals surface area contributed by atoms with E-state index in [1.807, 2.05) is 65.2 Å². The number of para-hydroxylation sites is 2. The number of fused-ring (bicyclic) bond motifs is 1. The van der Waals surface area contributed by atoms with Crippen molar-refractivity contribution in [2.24, 2.45) is 5.73 Å². The van der Waals surface area contributed by atoms with Crippen molar-refractivity contribution in [1.82, 2.24) is 9.88 Å². The van der Waals surface area contributed by atoms with Gasteiger partial charge in [-0.3, -0.25) is 4.79 Å². The van der Waals surface area contributed by atoms with Gasteiger partial charge in [0.2, 0.25) is 0 Å². The molecule has 0 aliphatic heterocycles. The summed E-state index contributed by atoms with van der Waals surface area (Å²) in [4.78, 5) is 12.5. The number of nitrogens with two attached hydrogens (primary N) is 1. The minimum absolute atomic E-state index is 0.127. The lowest BCUT2D eigenvalue weighted by Crippen LogP contribution is -2.25. The first kappa shape index (κ1) is 13.9. The second-order valence-electron chi connectivity index (χ2n) is 4.90. The molecule has 0 saturated carbocycles. The summed E-state index contributed by atoms with van der Waals surface area (Å²) in [5.74, 6) is -0.127. The molecular formula is C18H17N3O. The molecule has 0 aliphatic carbocycles. The largest absolute Gasteiger partial charge is 0.405 e. The smallest absolute Gasteiger partial charge is 0.268 e. The van der Waals surface area contributed by atoms with E-state index in [2.05, 4.69) is 5.32 Å². The van der Waals surface area contributed by atoms with Crippen LogP contribution in [0.2, 0.25) is 0 Å². The Bertz CT molecular complexity index is 819. The molecule has 4 nitrogen and oxygen atoms in total. The molecule has 1 heterocycles. The summed E-state index contributed by atoms with van der Waals surface area (Å²) in [5, 5.41) is 3.88. The van der Waals surface area contributed by atoms with Gasteiger partial charge in [-0.2, -0.15) is 0 Å². The molecule has 0 spiro atoms. The molecule has 3 N–H and O–H groups in total. The average molecular weight is 291 g/mol. The Morgan fingerprint density at radius 1 is 1.09 bits per heavy atom. The lowest BCUT2D eigenvalue weighted by Gasteiger charge is -2.10. The fourth-order valence-electron chi connectivity index (χ4n) is 2.49. The number of nitrogens with one attached hydrogen (secondary N) is 1. The number of carbonyl (C=O) groups is 1. The van der Waals surface area contributed by atoms with E-state index in [-0.39, 0.29) is 5.91 Å². The summed E-state index contributed by atoms with van der Waals surface area (Å²) >= 11 is 0. The van der Waals surface area contributed by atoms with Gasteiger partial charge < -0.3 is 15.6 Å². The number of amides is 1. The molecule has 3 rings (SSSR count). The van der Waals surface area contributed by atoms with Crippen molar-refractivity contribution in [1.29, 1.82) is 0 Å². The van der Waals surface area contributed by atoms with Crippen LogP contribution in [0.15, 0.2) is 72.9 Å². The highest BCUT2D eigenvalue weighted by Gasteiger charge is 2.15. The lowest BCUT2D eigenvalue weighted by atomic mass is 10.2. The van der Waals surface area contributed by atoms with Gasteiger partial charge in [0.25, 0.3) is 5.91 Å². The number of rotatable bonds is 4. The first-order chi connectivity index (χ1) is 10.8. The molecule has 2 aromatic carbocycles. The Morgan fingerprint density at radius 2 is 1.82 bits per heavy atom. The van der Waals surface area contributed by atoms with E-state index in [0.29, 0.717) is 12.2 Å². The predicted molar refractivity (Wildman–Crippen MR) is 88.9 cm³/mol. The molecule has 110 valence electrons. The van der Waals surface area contributed by atoms with E-state index < -0.39 is 0 Å². The summed E-state index contributed by atoms with van der Waals surface area (Å²) < 4.78 is 1.97. The number of hydrogen-bond donors (Lipinski definition) is 2. The average Bonchev–Trinajstić information content (AvgIpc) is 2.95. The molecule has 0 atom stereocenters. The highest BCUT2D eigenvalue weighted by Crippen LogP contribution is 2.24. The third-order valence-electron chi connectivity index (χ3n) is 3.47. The third kappa shape index (κ3) is 2.59. The maximum absolute atomic E-state index is 12.5. The van der Waals surface area contributed by atoms with Crippen LogP contribution in [0.1, 0.15) is 10.5 Å². The van der Waals surface area contributed by atoms with Crippen molar-refractivity contribution >= 4 is 16.8 Å². The maximum Gasteiger partial charge on any atom is 0.268 e. The highest BCUT2D eigenvalue weighted by atomic mass is 16.1. The van der Waals surface area contributed by atoms with Gasteiger partial charge in [0.05, 0.1) is 5.52 Å². The number of benzene rings is 2. The summed E-state index contributed by atoms with van der Waals surface area (Å²) in [5.41, 5.74) is 7.88. The van der Waals surface area contributed by atoms with E-state index in [0.717, 1.165) is 16.6 Å². The van der Waals surface area contributed by atoms with Crippen molar-refractivity contribution in [2.45, 2.75) is 0 Å². The molecule has 22 heavy (non-hydrogen) atoms. The molecule has 0 unspecified atom stereocenters. The molecule has 0 radical (unpaired) electrons. The lowest BCUT2D eigenvalue weighted by molar-refractivity contribution is 0.0951. The number of hydrogen-bond acceptors (Lipinski definition) is 2. The molecule has 0 aliphatic rings. The molecule has 1 amide bonds. The van der Waals surface area contributed by atoms with Crippen LogP contribution < -0.4 is 11.1 Å². The van der Waals surface area contributed by atoms with E-state index in [4.69, 9.17) is 5.73 Å². The Hall–Kier alpha value is -3.01. The molecule has 0 saturated heterocycles. The summed E-state index contributed by atoms with van der Waals surface area (Å²) in [6.45, 7) is 0.408. The van der Waals surface area contributed by atoms with Crippen LogP contribution in [0.3, 0.4) is 0 Å². The second-order valence-corrected chi connectivity index (χ2v) is 4.90. The fourth-order valence-corrected chi connectivity index (χ4v) is 2.49. The highest BCUT2D eigenvalue weighted by molar-refractivity contribution is 6.00. The van der Waals surface area contributed by atoms with Crippen LogP contribution in [-0.4, -0.2) is 17.0 Å². The Balaban J connectivity index is 2.11. The Kier molecular flexibility index (Phi) is 3.92. The molecule has 3 aromatic rings. The van der Waals surface area contributed by atoms with Crippen molar-refractivity contribution in [3.63, 3.8) is 0 Å².